The van der Waals surface area contributed by atoms with E-state index in [1.165, 1.54) is 340 Å². The number of unbranched alkanes of at least 4 members (excludes halogenated alkanes) is 55. The first-order valence-corrected chi connectivity index (χ1v) is 36.1. The summed E-state index contributed by atoms with van der Waals surface area (Å²) >= 11 is 0. The van der Waals surface area contributed by atoms with E-state index in [-0.39, 0.29) is 18.5 Å². The van der Waals surface area contributed by atoms with E-state index < -0.39 is 12.1 Å². The quantitative estimate of drug-likeness (QED) is 0.0320. The van der Waals surface area contributed by atoms with E-state index in [4.69, 9.17) is 4.74 Å². The molecule has 0 aromatic carbocycles. The molecule has 2 atom stereocenters. The topological polar surface area (TPSA) is 95.9 Å². The Labute approximate surface area is 494 Å². The number of carbonyl (C=O) groups is 2. The maximum Gasteiger partial charge on any atom is 0.305 e. The minimum Gasteiger partial charge on any atom is -0.466 e. The second kappa shape index (κ2) is 68.8. The summed E-state index contributed by atoms with van der Waals surface area (Å²) in [5.41, 5.74) is 0. The van der Waals surface area contributed by atoms with Crippen molar-refractivity contribution in [3.8, 4) is 0 Å². The van der Waals surface area contributed by atoms with Crippen LogP contribution in [0.5, 0.6) is 0 Å². The van der Waals surface area contributed by atoms with Gasteiger partial charge in [-0.2, -0.15) is 0 Å². The van der Waals surface area contributed by atoms with Crippen LogP contribution in [0, 0.1) is 0 Å². The van der Waals surface area contributed by atoms with Gasteiger partial charge in [-0.3, -0.25) is 9.59 Å². The van der Waals surface area contributed by atoms with Crippen molar-refractivity contribution in [1.29, 1.82) is 0 Å². The first-order valence-electron chi connectivity index (χ1n) is 36.1. The summed E-state index contributed by atoms with van der Waals surface area (Å²) in [5, 5.41) is 23.3. The van der Waals surface area contributed by atoms with E-state index in [9.17, 15) is 19.8 Å². The van der Waals surface area contributed by atoms with Crippen molar-refractivity contribution in [3.05, 3.63) is 24.3 Å². The minimum absolute atomic E-state index is 0.0154. The summed E-state index contributed by atoms with van der Waals surface area (Å²) in [5.74, 6) is -0.0498. The molecule has 1 amide bonds. The predicted molar refractivity (Wildman–Crippen MR) is 347 cm³/mol. The molecule has 0 rings (SSSR count). The van der Waals surface area contributed by atoms with Gasteiger partial charge in [-0.1, -0.05) is 359 Å². The number of allylic oxidation sites excluding steroid dienone is 3. The summed E-state index contributed by atoms with van der Waals surface area (Å²) < 4.78 is 5.48. The number of carbonyl (C=O) groups excluding carboxylic acids is 2. The standard InChI is InChI=1S/C73H141NO5/c1-3-5-7-9-11-13-15-17-18-19-20-21-22-27-30-33-36-39-42-45-49-53-57-61-65-71(76)70(69-75)74-72(77)66-62-58-54-50-46-43-40-37-34-31-28-25-23-24-26-29-32-35-38-41-44-48-52-56-60-64-68-79-73(78)67-63-59-55-51-47-16-14-12-10-8-6-4-2/h23,25,61,65,70-71,75-76H,3-22,24,26-60,62-64,66-69H2,1-2H3,(H,74,77)/b25-23-,65-61+. The van der Waals surface area contributed by atoms with Crippen LogP contribution in [0.15, 0.2) is 24.3 Å². The molecule has 0 saturated heterocycles. The Morgan fingerprint density at radius 3 is 0.899 bits per heavy atom. The molecule has 0 radical (unpaired) electrons. The summed E-state index contributed by atoms with van der Waals surface area (Å²) in [6.45, 7) is 4.94. The molecule has 0 fully saturated rings. The molecule has 79 heavy (non-hydrogen) atoms. The molecule has 0 aliphatic heterocycles. The number of aliphatic hydroxyl groups excluding tert-OH is 2. The summed E-state index contributed by atoms with van der Waals surface area (Å²) in [4.78, 5) is 24.6. The normalized spacial score (nSPS) is 12.6. The molecule has 0 saturated carbocycles. The molecule has 0 aromatic heterocycles. The van der Waals surface area contributed by atoms with Crippen LogP contribution in [0.2, 0.25) is 0 Å². The molecule has 0 bridgehead atoms. The van der Waals surface area contributed by atoms with E-state index in [0.717, 1.165) is 38.5 Å². The third-order valence-corrected chi connectivity index (χ3v) is 17.0. The van der Waals surface area contributed by atoms with E-state index in [1.54, 1.807) is 6.08 Å². The number of aliphatic hydroxyl groups is 2. The fraction of sp³-hybridized carbons (Fsp3) is 0.918. The van der Waals surface area contributed by atoms with Crippen molar-refractivity contribution >= 4 is 11.9 Å². The first-order chi connectivity index (χ1) is 39.0. The van der Waals surface area contributed by atoms with Crippen LogP contribution in [0.3, 0.4) is 0 Å². The summed E-state index contributed by atoms with van der Waals surface area (Å²) in [6, 6.07) is -0.630. The van der Waals surface area contributed by atoms with E-state index >= 15 is 0 Å². The van der Waals surface area contributed by atoms with Gasteiger partial charge in [0, 0.05) is 12.8 Å². The van der Waals surface area contributed by atoms with Crippen molar-refractivity contribution in [2.75, 3.05) is 13.2 Å². The molecule has 0 aliphatic rings. The molecule has 0 heterocycles. The third kappa shape index (κ3) is 65.4. The molecule has 468 valence electrons. The Hall–Kier alpha value is -1.66. The first kappa shape index (κ1) is 77.3. The lowest BCUT2D eigenvalue weighted by atomic mass is 10.0. The van der Waals surface area contributed by atoms with Gasteiger partial charge in [0.1, 0.15) is 0 Å². The molecular weight excluding hydrogens is 971 g/mol. The zero-order valence-electron chi connectivity index (χ0n) is 53.6. The number of rotatable bonds is 68. The van der Waals surface area contributed by atoms with Gasteiger partial charge in [0.15, 0.2) is 0 Å². The van der Waals surface area contributed by atoms with Crippen molar-refractivity contribution in [2.24, 2.45) is 0 Å². The lowest BCUT2D eigenvalue weighted by Crippen LogP contribution is -2.45. The van der Waals surface area contributed by atoms with Crippen molar-refractivity contribution in [2.45, 2.75) is 418 Å². The molecular formula is C73H141NO5. The van der Waals surface area contributed by atoms with Gasteiger partial charge >= 0.3 is 5.97 Å². The van der Waals surface area contributed by atoms with Gasteiger partial charge in [-0.15, -0.1) is 0 Å². The molecule has 0 aliphatic carbocycles. The number of nitrogens with one attached hydrogen (secondary N) is 1. The van der Waals surface area contributed by atoms with Crippen LogP contribution in [-0.4, -0.2) is 47.4 Å². The summed E-state index contributed by atoms with van der Waals surface area (Å²) in [6.07, 6.45) is 86.9. The SMILES string of the molecule is CCCCCCCCCCCCCCCCCCCCCCCC/C=C/C(O)C(CO)NC(=O)CCCCCCCCCCCC/C=C\CCCCCCCCCCCCCCOC(=O)CCCCCCCCCCCCCC. The Morgan fingerprint density at radius 2 is 0.595 bits per heavy atom. The van der Waals surface area contributed by atoms with Gasteiger partial charge in [-0.05, 0) is 57.8 Å². The average molecular weight is 1110 g/mol. The van der Waals surface area contributed by atoms with E-state index in [0.29, 0.717) is 19.4 Å². The number of hydrogen-bond donors (Lipinski definition) is 3. The fourth-order valence-corrected chi connectivity index (χ4v) is 11.5. The Kier molecular flexibility index (Phi) is 67.4. The minimum atomic E-state index is -0.847. The van der Waals surface area contributed by atoms with Crippen LogP contribution in [0.1, 0.15) is 406 Å². The maximum absolute atomic E-state index is 12.5. The van der Waals surface area contributed by atoms with Crippen LogP contribution in [0.4, 0.5) is 0 Å². The number of ether oxygens (including phenoxy) is 1. The number of amides is 1. The molecule has 2 unspecified atom stereocenters. The Bertz CT molecular complexity index is 1230. The van der Waals surface area contributed by atoms with Crippen molar-refractivity contribution in [3.63, 3.8) is 0 Å². The maximum atomic E-state index is 12.5. The van der Waals surface area contributed by atoms with Gasteiger partial charge in [0.25, 0.3) is 0 Å². The highest BCUT2D eigenvalue weighted by atomic mass is 16.5. The summed E-state index contributed by atoms with van der Waals surface area (Å²) in [7, 11) is 0. The molecule has 3 N–H and O–H groups in total. The zero-order valence-corrected chi connectivity index (χ0v) is 53.6. The molecule has 6 nitrogen and oxygen atoms in total. The second-order valence-corrected chi connectivity index (χ2v) is 24.9. The zero-order chi connectivity index (χ0) is 57.1. The average Bonchev–Trinajstić information content (AvgIpc) is 3.45. The highest BCUT2D eigenvalue weighted by molar-refractivity contribution is 5.76. The van der Waals surface area contributed by atoms with Gasteiger partial charge in [0.2, 0.25) is 5.91 Å². The Balaban J connectivity index is 3.42. The fourth-order valence-electron chi connectivity index (χ4n) is 11.5. The Morgan fingerprint density at radius 1 is 0.342 bits per heavy atom. The van der Waals surface area contributed by atoms with E-state index in [2.05, 4.69) is 31.3 Å². The van der Waals surface area contributed by atoms with Crippen LogP contribution in [-0.2, 0) is 14.3 Å². The van der Waals surface area contributed by atoms with Crippen LogP contribution >= 0.6 is 0 Å². The van der Waals surface area contributed by atoms with Gasteiger partial charge in [0.05, 0.1) is 25.4 Å². The van der Waals surface area contributed by atoms with E-state index in [1.807, 2.05) is 6.08 Å². The van der Waals surface area contributed by atoms with Crippen LogP contribution in [0.25, 0.3) is 0 Å². The van der Waals surface area contributed by atoms with Crippen molar-refractivity contribution < 1.29 is 24.5 Å². The van der Waals surface area contributed by atoms with Gasteiger partial charge < -0.3 is 20.3 Å². The lowest BCUT2D eigenvalue weighted by Gasteiger charge is -2.20. The number of hydrogen-bond acceptors (Lipinski definition) is 5. The molecule has 6 heteroatoms. The monoisotopic (exact) mass is 1110 g/mol. The van der Waals surface area contributed by atoms with Crippen LogP contribution < -0.4 is 5.32 Å². The smallest absolute Gasteiger partial charge is 0.305 e. The molecule has 0 aromatic rings. The highest BCUT2D eigenvalue weighted by Gasteiger charge is 2.18. The van der Waals surface area contributed by atoms with Crippen molar-refractivity contribution in [1.82, 2.24) is 5.32 Å². The van der Waals surface area contributed by atoms with Gasteiger partial charge in [-0.25, -0.2) is 0 Å². The lowest BCUT2D eigenvalue weighted by molar-refractivity contribution is -0.143. The largest absolute Gasteiger partial charge is 0.466 e. The predicted octanol–water partition coefficient (Wildman–Crippen LogP) is 23.3. The number of esters is 1. The molecule has 0 spiro atoms. The second-order valence-electron chi connectivity index (χ2n) is 24.9. The highest BCUT2D eigenvalue weighted by Crippen LogP contribution is 2.19. The third-order valence-electron chi connectivity index (χ3n) is 17.0.